The molecule has 0 fully saturated rings. The Morgan fingerprint density at radius 2 is 2.36 bits per heavy atom. The number of H-pyrrole nitrogens is 1. The Balaban J connectivity index is 1.61. The molecule has 2 aromatic rings. The molecule has 132 valence electrons. The summed E-state index contributed by atoms with van der Waals surface area (Å²) in [6.07, 6.45) is 3.32. The number of imidazole rings is 1. The third-order valence-electron chi connectivity index (χ3n) is 4.77. The van der Waals surface area contributed by atoms with Crippen LogP contribution in [0.4, 0.5) is 0 Å². The van der Waals surface area contributed by atoms with Gasteiger partial charge in [0.25, 0.3) is 0 Å². The highest BCUT2D eigenvalue weighted by atomic mass is 16.5. The highest BCUT2D eigenvalue weighted by Crippen LogP contribution is 2.34. The maximum atomic E-state index is 13.2. The van der Waals surface area contributed by atoms with Gasteiger partial charge < -0.3 is 24.7 Å². The maximum absolute atomic E-state index is 13.2. The van der Waals surface area contributed by atoms with Crippen LogP contribution in [0.25, 0.3) is 0 Å². The van der Waals surface area contributed by atoms with Crippen molar-refractivity contribution in [2.24, 2.45) is 0 Å². The molecule has 0 radical (unpaired) electrons. The quantitative estimate of drug-likeness (QED) is 0.863. The van der Waals surface area contributed by atoms with Crippen LogP contribution in [0.5, 0.6) is 11.5 Å². The van der Waals surface area contributed by atoms with Gasteiger partial charge in [-0.1, -0.05) is 12.1 Å². The lowest BCUT2D eigenvalue weighted by Crippen LogP contribution is -2.44. The van der Waals surface area contributed by atoms with Crippen molar-refractivity contribution >= 4 is 5.91 Å². The molecular formula is C18H22N4O3. The third-order valence-corrected chi connectivity index (χ3v) is 4.77. The first-order valence-corrected chi connectivity index (χ1v) is 8.61. The second-order valence-corrected chi connectivity index (χ2v) is 6.31. The summed E-state index contributed by atoms with van der Waals surface area (Å²) in [7, 11) is 1.63. The van der Waals surface area contributed by atoms with Crippen LogP contribution >= 0.6 is 0 Å². The average molecular weight is 342 g/mol. The van der Waals surface area contributed by atoms with Crippen LogP contribution in [0.3, 0.4) is 0 Å². The standard InChI is InChI=1S/C18H22N4O3/c1-24-14-5-2-4-12-10-22(8-3-9-25-17(12)14)18(23)16-15-13(6-7-19-16)20-11-21-15/h2,4-5,11,16,19H,3,6-10H2,1H3,(H,20,21). The largest absolute Gasteiger partial charge is 0.493 e. The monoisotopic (exact) mass is 342 g/mol. The molecule has 3 heterocycles. The minimum absolute atomic E-state index is 0.0590. The number of carbonyl (C=O) groups excluding carboxylic acids is 1. The molecule has 2 aliphatic rings. The zero-order valence-electron chi connectivity index (χ0n) is 14.2. The lowest BCUT2D eigenvalue weighted by atomic mass is 10.0. The topological polar surface area (TPSA) is 79.5 Å². The van der Waals surface area contributed by atoms with Gasteiger partial charge in [-0.25, -0.2) is 4.98 Å². The van der Waals surface area contributed by atoms with Gasteiger partial charge in [-0.05, 0) is 12.5 Å². The molecule has 0 bridgehead atoms. The molecule has 1 atom stereocenters. The Morgan fingerprint density at radius 1 is 1.44 bits per heavy atom. The van der Waals surface area contributed by atoms with E-state index in [0.29, 0.717) is 25.4 Å². The SMILES string of the molecule is COc1cccc2c1OCCCN(C(=O)C1NCCc3[nH]cnc31)C2. The van der Waals surface area contributed by atoms with E-state index in [9.17, 15) is 4.79 Å². The fourth-order valence-corrected chi connectivity index (χ4v) is 3.52. The van der Waals surface area contributed by atoms with Crippen molar-refractivity contribution in [3.8, 4) is 11.5 Å². The van der Waals surface area contributed by atoms with Gasteiger partial charge in [-0.15, -0.1) is 0 Å². The number of methoxy groups -OCH3 is 1. The fourth-order valence-electron chi connectivity index (χ4n) is 3.52. The van der Waals surface area contributed by atoms with E-state index < -0.39 is 0 Å². The maximum Gasteiger partial charge on any atom is 0.246 e. The first-order valence-electron chi connectivity index (χ1n) is 8.61. The van der Waals surface area contributed by atoms with Crippen LogP contribution in [0, 0.1) is 0 Å². The second-order valence-electron chi connectivity index (χ2n) is 6.31. The number of fused-ring (bicyclic) bond motifs is 2. The zero-order valence-corrected chi connectivity index (χ0v) is 14.2. The summed E-state index contributed by atoms with van der Waals surface area (Å²) in [5.74, 6) is 1.50. The van der Waals surface area contributed by atoms with E-state index in [1.165, 1.54) is 0 Å². The Labute approximate surface area is 146 Å². The highest BCUT2D eigenvalue weighted by Gasteiger charge is 2.32. The summed E-state index contributed by atoms with van der Waals surface area (Å²) in [4.78, 5) is 22.6. The number of amides is 1. The van der Waals surface area contributed by atoms with Gasteiger partial charge >= 0.3 is 0 Å². The molecule has 1 amide bonds. The van der Waals surface area contributed by atoms with Gasteiger partial charge in [-0.3, -0.25) is 4.79 Å². The van der Waals surface area contributed by atoms with E-state index in [0.717, 1.165) is 42.1 Å². The van der Waals surface area contributed by atoms with Crippen LogP contribution in [-0.4, -0.2) is 47.6 Å². The molecule has 1 aromatic heterocycles. The highest BCUT2D eigenvalue weighted by molar-refractivity contribution is 5.83. The molecule has 2 N–H and O–H groups in total. The van der Waals surface area contributed by atoms with Gasteiger partial charge in [0.15, 0.2) is 11.5 Å². The van der Waals surface area contributed by atoms with E-state index in [4.69, 9.17) is 9.47 Å². The smallest absolute Gasteiger partial charge is 0.246 e. The molecule has 7 nitrogen and oxygen atoms in total. The molecule has 0 saturated carbocycles. The minimum Gasteiger partial charge on any atom is -0.493 e. The third kappa shape index (κ3) is 2.95. The Hall–Kier alpha value is -2.54. The molecule has 0 spiro atoms. The average Bonchev–Trinajstić information content (AvgIpc) is 3.10. The number of ether oxygens (including phenoxy) is 2. The lowest BCUT2D eigenvalue weighted by molar-refractivity contribution is -0.134. The van der Waals surface area contributed by atoms with Gasteiger partial charge in [-0.2, -0.15) is 0 Å². The molecule has 2 aliphatic heterocycles. The summed E-state index contributed by atoms with van der Waals surface area (Å²) in [6.45, 7) is 2.49. The Bertz CT molecular complexity index is 773. The van der Waals surface area contributed by atoms with Gasteiger partial charge in [0.05, 0.1) is 25.7 Å². The molecule has 25 heavy (non-hydrogen) atoms. The number of para-hydroxylation sites is 1. The van der Waals surface area contributed by atoms with Crippen molar-refractivity contribution in [2.45, 2.75) is 25.4 Å². The van der Waals surface area contributed by atoms with Crippen molar-refractivity contribution in [2.75, 3.05) is 26.8 Å². The number of aromatic amines is 1. The molecule has 4 rings (SSSR count). The molecule has 0 saturated heterocycles. The molecule has 1 unspecified atom stereocenters. The van der Waals surface area contributed by atoms with Crippen LogP contribution in [0.1, 0.15) is 29.4 Å². The van der Waals surface area contributed by atoms with E-state index >= 15 is 0 Å². The number of hydrogen-bond acceptors (Lipinski definition) is 5. The van der Waals surface area contributed by atoms with Gasteiger partial charge in [0.2, 0.25) is 5.91 Å². The summed E-state index contributed by atoms with van der Waals surface area (Å²) in [5, 5.41) is 3.31. The number of hydrogen-bond donors (Lipinski definition) is 2. The zero-order chi connectivity index (χ0) is 17.2. The number of nitrogens with one attached hydrogen (secondary N) is 2. The van der Waals surface area contributed by atoms with Gasteiger partial charge in [0.1, 0.15) is 6.04 Å². The van der Waals surface area contributed by atoms with Gasteiger partial charge in [0, 0.05) is 37.3 Å². The Morgan fingerprint density at radius 3 is 3.24 bits per heavy atom. The molecule has 1 aromatic carbocycles. The molecule has 0 aliphatic carbocycles. The van der Waals surface area contributed by atoms with Crippen LogP contribution in [0.2, 0.25) is 0 Å². The van der Waals surface area contributed by atoms with Crippen molar-refractivity contribution in [1.82, 2.24) is 20.2 Å². The van der Waals surface area contributed by atoms with Crippen LogP contribution in [-0.2, 0) is 17.8 Å². The van der Waals surface area contributed by atoms with E-state index in [-0.39, 0.29) is 11.9 Å². The summed E-state index contributed by atoms with van der Waals surface area (Å²) in [6, 6.07) is 5.41. The minimum atomic E-state index is -0.385. The predicted octanol–water partition coefficient (Wildman–Crippen LogP) is 1.42. The van der Waals surface area contributed by atoms with E-state index in [1.807, 2.05) is 23.1 Å². The van der Waals surface area contributed by atoms with Crippen LogP contribution in [0.15, 0.2) is 24.5 Å². The first-order chi connectivity index (χ1) is 12.3. The van der Waals surface area contributed by atoms with Crippen molar-refractivity contribution in [3.63, 3.8) is 0 Å². The fraction of sp³-hybridized carbons (Fsp3) is 0.444. The lowest BCUT2D eigenvalue weighted by Gasteiger charge is -2.31. The second kappa shape index (κ2) is 6.76. The van der Waals surface area contributed by atoms with E-state index in [1.54, 1.807) is 13.4 Å². The van der Waals surface area contributed by atoms with Crippen molar-refractivity contribution in [3.05, 3.63) is 41.5 Å². The first kappa shape index (κ1) is 16.0. The molecular weight excluding hydrogens is 320 g/mol. The predicted molar refractivity (Wildman–Crippen MR) is 91.6 cm³/mol. The molecule has 7 heteroatoms. The number of aromatic nitrogens is 2. The summed E-state index contributed by atoms with van der Waals surface area (Å²) >= 11 is 0. The summed E-state index contributed by atoms with van der Waals surface area (Å²) in [5.41, 5.74) is 2.83. The van der Waals surface area contributed by atoms with Crippen molar-refractivity contribution in [1.29, 1.82) is 0 Å². The number of benzene rings is 1. The van der Waals surface area contributed by atoms with E-state index in [2.05, 4.69) is 15.3 Å². The number of carbonyl (C=O) groups is 1. The number of nitrogens with zero attached hydrogens (tertiary/aromatic N) is 2. The Kier molecular flexibility index (Phi) is 4.31. The summed E-state index contributed by atoms with van der Waals surface area (Å²) < 4.78 is 11.3. The normalized spacial score (nSPS) is 19.9. The van der Waals surface area contributed by atoms with Crippen LogP contribution < -0.4 is 14.8 Å². The van der Waals surface area contributed by atoms with Crippen molar-refractivity contribution < 1.29 is 14.3 Å². The number of rotatable bonds is 2.